The topological polar surface area (TPSA) is 62.5 Å². The minimum absolute atomic E-state index is 0.0204. The lowest BCUT2D eigenvalue weighted by molar-refractivity contribution is 0.191. The minimum atomic E-state index is -0.0204. The van der Waals surface area contributed by atoms with Crippen LogP contribution in [0.5, 0.6) is 0 Å². The van der Waals surface area contributed by atoms with Gasteiger partial charge in [-0.3, -0.25) is 4.40 Å². The van der Waals surface area contributed by atoms with E-state index in [1.54, 1.807) is 0 Å². The minimum Gasteiger partial charge on any atom is -0.324 e. The number of nitrogens with zero attached hydrogens (tertiary/aromatic N) is 4. The fourth-order valence-electron chi connectivity index (χ4n) is 4.56. The van der Waals surface area contributed by atoms with Crippen molar-refractivity contribution in [3.63, 3.8) is 0 Å². The van der Waals surface area contributed by atoms with E-state index in [1.807, 2.05) is 57.6 Å². The van der Waals surface area contributed by atoms with Gasteiger partial charge in [0.05, 0.1) is 5.69 Å². The van der Waals surface area contributed by atoms with Gasteiger partial charge in [0, 0.05) is 35.3 Å². The predicted octanol–water partition coefficient (Wildman–Crippen LogP) is 5.18. The molecule has 0 bridgehead atoms. The molecule has 1 atom stereocenters. The number of carbonyl (C=O) groups excluding carboxylic acids is 1. The number of benzene rings is 1. The summed E-state index contributed by atoms with van der Waals surface area (Å²) in [5.74, 6) is 1.14. The summed E-state index contributed by atoms with van der Waals surface area (Å²) in [6.07, 6.45) is 9.17. The number of hydrogen-bond acceptors (Lipinski definition) is 4. The Kier molecular flexibility index (Phi) is 5.62. The summed E-state index contributed by atoms with van der Waals surface area (Å²) in [6, 6.07) is 14.1. The molecule has 2 fully saturated rings. The lowest BCUT2D eigenvalue weighted by atomic mass is 9.97. The summed E-state index contributed by atoms with van der Waals surface area (Å²) in [5.41, 5.74) is 1.78. The number of hydrogen-bond donors (Lipinski definition) is 1. The van der Waals surface area contributed by atoms with Gasteiger partial charge in [-0.15, -0.1) is 22.0 Å². The second-order valence-electron chi connectivity index (χ2n) is 8.22. The van der Waals surface area contributed by atoms with E-state index in [4.69, 9.17) is 0 Å². The molecular formula is C23H27N5OS. The molecule has 2 amide bonds. The van der Waals surface area contributed by atoms with Gasteiger partial charge in [-0.2, -0.15) is 0 Å². The van der Waals surface area contributed by atoms with Crippen molar-refractivity contribution in [1.29, 1.82) is 0 Å². The fourth-order valence-corrected chi connectivity index (χ4v) is 5.89. The summed E-state index contributed by atoms with van der Waals surface area (Å²) in [4.78, 5) is 16.2. The average molecular weight is 422 g/mol. The van der Waals surface area contributed by atoms with Crippen LogP contribution in [-0.2, 0) is 0 Å². The first-order valence-electron chi connectivity index (χ1n) is 10.9. The van der Waals surface area contributed by atoms with Crippen LogP contribution in [-0.4, -0.2) is 43.9 Å². The molecule has 0 spiro atoms. The molecule has 156 valence electrons. The highest BCUT2D eigenvalue weighted by Crippen LogP contribution is 2.38. The highest BCUT2D eigenvalue weighted by Gasteiger charge is 2.28. The quantitative estimate of drug-likeness (QED) is 0.631. The highest BCUT2D eigenvalue weighted by molar-refractivity contribution is 8.00. The first-order valence-corrected chi connectivity index (χ1v) is 11.8. The Balaban J connectivity index is 1.29. The molecular weight excluding hydrogens is 394 g/mol. The Bertz CT molecular complexity index is 1030. The SMILES string of the molecule is O=C(Nc1ccccc1SC1CCCC1)N1CCCC(c2nnc3ccccn23)C1. The molecule has 0 radical (unpaired) electrons. The van der Waals surface area contributed by atoms with Gasteiger partial charge in [-0.05, 0) is 49.9 Å². The number of nitrogens with one attached hydrogen (secondary N) is 1. The first kappa shape index (κ1) is 19.4. The second-order valence-corrected chi connectivity index (χ2v) is 9.57. The summed E-state index contributed by atoms with van der Waals surface area (Å²) < 4.78 is 2.04. The molecule has 5 rings (SSSR count). The molecule has 3 aromatic rings. The number of piperidine rings is 1. The van der Waals surface area contributed by atoms with Crippen LogP contribution >= 0.6 is 11.8 Å². The maximum absolute atomic E-state index is 13.1. The van der Waals surface area contributed by atoms with Crippen LogP contribution < -0.4 is 5.32 Å². The molecule has 1 N–H and O–H groups in total. The molecule has 1 aromatic carbocycles. The van der Waals surface area contributed by atoms with E-state index in [-0.39, 0.29) is 11.9 Å². The maximum Gasteiger partial charge on any atom is 0.321 e. The van der Waals surface area contributed by atoms with Gasteiger partial charge in [0.1, 0.15) is 5.82 Å². The number of likely N-dealkylation sites (tertiary alicyclic amines) is 1. The molecule has 1 aliphatic heterocycles. The summed E-state index contributed by atoms with van der Waals surface area (Å²) in [5, 5.41) is 12.6. The third kappa shape index (κ3) is 4.03. The standard InChI is InChI=1S/C23H27N5OS/c29-23(24-19-11-3-4-12-20(19)30-18-9-1-2-10-18)27-14-7-8-17(16-27)22-26-25-21-13-5-6-15-28(21)22/h3-6,11-13,15,17-18H,1-2,7-10,14,16H2,(H,24,29). The Labute approximate surface area is 181 Å². The number of rotatable bonds is 4. The number of amides is 2. The normalized spacial score (nSPS) is 20.0. The van der Waals surface area contributed by atoms with E-state index in [0.29, 0.717) is 11.8 Å². The summed E-state index contributed by atoms with van der Waals surface area (Å²) >= 11 is 1.91. The number of anilines is 1. The Morgan fingerprint density at radius 3 is 2.73 bits per heavy atom. The van der Waals surface area contributed by atoms with E-state index in [9.17, 15) is 4.79 Å². The molecule has 6 nitrogen and oxygen atoms in total. The number of pyridine rings is 1. The zero-order valence-electron chi connectivity index (χ0n) is 17.0. The van der Waals surface area contributed by atoms with Crippen molar-refractivity contribution >= 4 is 29.1 Å². The Morgan fingerprint density at radius 2 is 1.83 bits per heavy atom. The predicted molar refractivity (Wildman–Crippen MR) is 120 cm³/mol. The van der Waals surface area contributed by atoms with Crippen molar-refractivity contribution in [2.24, 2.45) is 0 Å². The van der Waals surface area contributed by atoms with Crippen molar-refractivity contribution in [3.05, 3.63) is 54.5 Å². The zero-order chi connectivity index (χ0) is 20.3. The van der Waals surface area contributed by atoms with Gasteiger partial charge in [-0.25, -0.2) is 4.79 Å². The van der Waals surface area contributed by atoms with Crippen LogP contribution in [0.3, 0.4) is 0 Å². The number of para-hydroxylation sites is 1. The third-order valence-corrected chi connectivity index (χ3v) is 7.55. The van der Waals surface area contributed by atoms with E-state index in [2.05, 4.69) is 27.6 Å². The lowest BCUT2D eigenvalue weighted by Gasteiger charge is -2.32. The van der Waals surface area contributed by atoms with Gasteiger partial charge >= 0.3 is 6.03 Å². The molecule has 30 heavy (non-hydrogen) atoms. The van der Waals surface area contributed by atoms with Gasteiger partial charge in [0.2, 0.25) is 0 Å². The number of urea groups is 1. The first-order chi connectivity index (χ1) is 14.8. The van der Waals surface area contributed by atoms with Gasteiger partial charge in [0.15, 0.2) is 5.65 Å². The van der Waals surface area contributed by atoms with Crippen LogP contribution in [0, 0.1) is 0 Å². The third-order valence-electron chi connectivity index (χ3n) is 6.14. The van der Waals surface area contributed by atoms with Crippen LogP contribution in [0.15, 0.2) is 53.6 Å². The van der Waals surface area contributed by atoms with Gasteiger partial charge < -0.3 is 10.2 Å². The molecule has 1 aliphatic carbocycles. The number of fused-ring (bicyclic) bond motifs is 1. The lowest BCUT2D eigenvalue weighted by Crippen LogP contribution is -2.42. The molecule has 1 saturated carbocycles. The van der Waals surface area contributed by atoms with Crippen LogP contribution in [0.2, 0.25) is 0 Å². The second kappa shape index (κ2) is 8.68. The largest absolute Gasteiger partial charge is 0.324 e. The number of aromatic nitrogens is 3. The maximum atomic E-state index is 13.1. The molecule has 1 saturated heterocycles. The Hall–Kier alpha value is -2.54. The molecule has 3 heterocycles. The highest BCUT2D eigenvalue weighted by atomic mass is 32.2. The van der Waals surface area contributed by atoms with E-state index >= 15 is 0 Å². The van der Waals surface area contributed by atoms with Crippen molar-refractivity contribution in [2.45, 2.75) is 54.6 Å². The summed E-state index contributed by atoms with van der Waals surface area (Å²) in [6.45, 7) is 1.44. The molecule has 2 aliphatic rings. The van der Waals surface area contributed by atoms with E-state index < -0.39 is 0 Å². The van der Waals surface area contributed by atoms with Gasteiger partial charge in [0.25, 0.3) is 0 Å². The number of carbonyl (C=O) groups is 1. The van der Waals surface area contributed by atoms with Gasteiger partial charge in [-0.1, -0.05) is 31.0 Å². The fraction of sp³-hybridized carbons (Fsp3) is 0.435. The summed E-state index contributed by atoms with van der Waals surface area (Å²) in [7, 11) is 0. The monoisotopic (exact) mass is 421 g/mol. The number of thioether (sulfide) groups is 1. The van der Waals surface area contributed by atoms with Crippen LogP contribution in [0.1, 0.15) is 50.3 Å². The molecule has 1 unspecified atom stereocenters. The van der Waals surface area contributed by atoms with E-state index in [0.717, 1.165) is 36.5 Å². The molecule has 2 aromatic heterocycles. The molecule has 7 heteroatoms. The van der Waals surface area contributed by atoms with Crippen molar-refractivity contribution in [2.75, 3.05) is 18.4 Å². The smallest absolute Gasteiger partial charge is 0.321 e. The van der Waals surface area contributed by atoms with Crippen molar-refractivity contribution in [3.8, 4) is 0 Å². The van der Waals surface area contributed by atoms with Crippen LogP contribution in [0.4, 0.5) is 10.5 Å². The zero-order valence-corrected chi connectivity index (χ0v) is 17.9. The Morgan fingerprint density at radius 1 is 1.00 bits per heavy atom. The average Bonchev–Trinajstić information content (AvgIpc) is 3.45. The van der Waals surface area contributed by atoms with Crippen molar-refractivity contribution < 1.29 is 4.79 Å². The van der Waals surface area contributed by atoms with Crippen molar-refractivity contribution in [1.82, 2.24) is 19.5 Å². The van der Waals surface area contributed by atoms with Crippen LogP contribution in [0.25, 0.3) is 5.65 Å². The van der Waals surface area contributed by atoms with E-state index in [1.165, 1.54) is 30.6 Å².